The van der Waals surface area contributed by atoms with E-state index < -0.39 is 5.91 Å². The predicted octanol–water partition coefficient (Wildman–Crippen LogP) is 3.20. The average Bonchev–Trinajstić information content (AvgIpc) is 2.89. The van der Waals surface area contributed by atoms with Gasteiger partial charge in [-0.05, 0) is 25.1 Å². The molecule has 0 unspecified atom stereocenters. The van der Waals surface area contributed by atoms with Crippen LogP contribution in [0.1, 0.15) is 22.3 Å². The summed E-state index contributed by atoms with van der Waals surface area (Å²) in [5.41, 5.74) is 0.344. The monoisotopic (exact) mass is 359 g/mol. The summed E-state index contributed by atoms with van der Waals surface area (Å²) in [5, 5.41) is 11.6. The second kappa shape index (κ2) is 7.53. The molecule has 0 atom stereocenters. The van der Waals surface area contributed by atoms with Gasteiger partial charge in [-0.1, -0.05) is 34.5 Å². The Morgan fingerprint density at radius 3 is 2.73 bits per heavy atom. The standard InChI is InChI=1S/C13H11Cl2N3O3S/c1-2-21-11(19)6-10-17-18-13(22-10)16-12(20)7-3-4-8(14)9(15)5-7/h3-5H,2,6H2,1H3,(H,16,18,20). The Hall–Kier alpha value is -1.70. The van der Waals surface area contributed by atoms with Crippen LogP contribution in [0.5, 0.6) is 0 Å². The lowest BCUT2D eigenvalue weighted by atomic mass is 10.2. The minimum Gasteiger partial charge on any atom is -0.466 e. The van der Waals surface area contributed by atoms with Gasteiger partial charge >= 0.3 is 5.97 Å². The first-order valence-corrected chi connectivity index (χ1v) is 7.81. The summed E-state index contributed by atoms with van der Waals surface area (Å²) in [5.74, 6) is -0.779. The van der Waals surface area contributed by atoms with Gasteiger partial charge in [-0.2, -0.15) is 0 Å². The molecule has 0 spiro atoms. The average molecular weight is 360 g/mol. The summed E-state index contributed by atoms with van der Waals surface area (Å²) in [4.78, 5) is 23.4. The van der Waals surface area contributed by atoms with Gasteiger partial charge in [0.1, 0.15) is 5.01 Å². The molecule has 0 saturated carbocycles. The van der Waals surface area contributed by atoms with Crippen molar-refractivity contribution in [3.63, 3.8) is 0 Å². The molecule has 1 aromatic heterocycles. The van der Waals surface area contributed by atoms with Crippen molar-refractivity contribution in [1.29, 1.82) is 0 Å². The quantitative estimate of drug-likeness (QED) is 0.828. The molecule has 6 nitrogen and oxygen atoms in total. The highest BCUT2D eigenvalue weighted by Gasteiger charge is 2.13. The van der Waals surface area contributed by atoms with Crippen molar-refractivity contribution in [3.8, 4) is 0 Å². The molecule has 0 bridgehead atoms. The molecule has 2 rings (SSSR count). The van der Waals surface area contributed by atoms with Gasteiger partial charge in [0, 0.05) is 5.56 Å². The fraction of sp³-hybridized carbons (Fsp3) is 0.231. The normalized spacial score (nSPS) is 10.3. The number of anilines is 1. The first-order chi connectivity index (χ1) is 10.5. The van der Waals surface area contributed by atoms with Gasteiger partial charge in [0.05, 0.1) is 23.1 Å². The van der Waals surface area contributed by atoms with Crippen molar-refractivity contribution in [2.75, 3.05) is 11.9 Å². The third kappa shape index (κ3) is 4.40. The molecule has 22 heavy (non-hydrogen) atoms. The number of benzene rings is 1. The van der Waals surface area contributed by atoms with E-state index in [1.54, 1.807) is 13.0 Å². The van der Waals surface area contributed by atoms with Crippen molar-refractivity contribution < 1.29 is 14.3 Å². The lowest BCUT2D eigenvalue weighted by molar-refractivity contribution is -0.142. The zero-order chi connectivity index (χ0) is 16.1. The van der Waals surface area contributed by atoms with Crippen LogP contribution in [0.15, 0.2) is 18.2 Å². The molecule has 0 saturated heterocycles. The van der Waals surface area contributed by atoms with Crippen LogP contribution in [0.25, 0.3) is 0 Å². The maximum atomic E-state index is 12.0. The van der Waals surface area contributed by atoms with Gasteiger partial charge in [-0.3, -0.25) is 14.9 Å². The Bertz CT molecular complexity index is 706. The highest BCUT2D eigenvalue weighted by molar-refractivity contribution is 7.15. The lowest BCUT2D eigenvalue weighted by Gasteiger charge is -2.02. The number of hydrogen-bond donors (Lipinski definition) is 1. The number of amides is 1. The molecule has 1 aromatic carbocycles. The van der Waals surface area contributed by atoms with Crippen molar-refractivity contribution in [2.45, 2.75) is 13.3 Å². The number of hydrogen-bond acceptors (Lipinski definition) is 6. The molecule has 9 heteroatoms. The molecule has 2 aromatic rings. The molecule has 0 aliphatic heterocycles. The second-order valence-corrected chi connectivity index (χ2v) is 5.94. The molecule has 0 aliphatic rings. The molecular weight excluding hydrogens is 349 g/mol. The summed E-state index contributed by atoms with van der Waals surface area (Å²) in [6.07, 6.45) is 0.0220. The van der Waals surface area contributed by atoms with E-state index >= 15 is 0 Å². The van der Waals surface area contributed by atoms with Crippen LogP contribution in [0, 0.1) is 0 Å². The Kier molecular flexibility index (Phi) is 5.70. The van der Waals surface area contributed by atoms with E-state index in [1.165, 1.54) is 12.1 Å². The number of nitrogens with one attached hydrogen (secondary N) is 1. The Morgan fingerprint density at radius 2 is 2.05 bits per heavy atom. The first kappa shape index (κ1) is 16.7. The van der Waals surface area contributed by atoms with Crippen molar-refractivity contribution in [2.24, 2.45) is 0 Å². The van der Waals surface area contributed by atoms with E-state index in [0.29, 0.717) is 22.2 Å². The number of nitrogens with zero attached hydrogens (tertiary/aromatic N) is 2. The summed E-state index contributed by atoms with van der Waals surface area (Å²) in [7, 11) is 0. The summed E-state index contributed by atoms with van der Waals surface area (Å²) in [6.45, 7) is 2.03. The third-order valence-electron chi connectivity index (χ3n) is 2.47. The number of carbonyl (C=O) groups is 2. The van der Waals surface area contributed by atoms with E-state index in [4.69, 9.17) is 27.9 Å². The maximum absolute atomic E-state index is 12.0. The van der Waals surface area contributed by atoms with Crippen molar-refractivity contribution in [3.05, 3.63) is 38.8 Å². The molecule has 1 amide bonds. The SMILES string of the molecule is CCOC(=O)Cc1nnc(NC(=O)c2ccc(Cl)c(Cl)c2)s1. The number of ether oxygens (including phenoxy) is 1. The summed E-state index contributed by atoms with van der Waals surface area (Å²) < 4.78 is 4.82. The minimum atomic E-state index is -0.391. The van der Waals surface area contributed by atoms with Crippen LogP contribution in [-0.4, -0.2) is 28.7 Å². The van der Waals surface area contributed by atoms with Crippen molar-refractivity contribution >= 4 is 51.5 Å². The fourth-order valence-electron chi connectivity index (χ4n) is 1.52. The maximum Gasteiger partial charge on any atom is 0.312 e. The highest BCUT2D eigenvalue weighted by Crippen LogP contribution is 2.23. The van der Waals surface area contributed by atoms with E-state index in [-0.39, 0.29) is 22.5 Å². The van der Waals surface area contributed by atoms with Gasteiger partial charge in [0.15, 0.2) is 0 Å². The van der Waals surface area contributed by atoms with Crippen LogP contribution in [-0.2, 0) is 16.0 Å². The first-order valence-electron chi connectivity index (χ1n) is 6.24. The predicted molar refractivity (Wildman–Crippen MR) is 84.7 cm³/mol. The molecule has 0 radical (unpaired) electrons. The van der Waals surface area contributed by atoms with Gasteiger partial charge in [-0.25, -0.2) is 0 Å². The Balaban J connectivity index is 2.01. The molecule has 0 fully saturated rings. The smallest absolute Gasteiger partial charge is 0.312 e. The zero-order valence-electron chi connectivity index (χ0n) is 11.4. The van der Waals surface area contributed by atoms with Crippen molar-refractivity contribution in [1.82, 2.24) is 10.2 Å². The van der Waals surface area contributed by atoms with Crippen LogP contribution in [0.4, 0.5) is 5.13 Å². The Labute approximate surface area is 140 Å². The van der Waals surface area contributed by atoms with E-state index in [2.05, 4.69) is 15.5 Å². The van der Waals surface area contributed by atoms with Gasteiger partial charge < -0.3 is 4.74 Å². The molecule has 1 N–H and O–H groups in total. The molecule has 1 heterocycles. The fourth-order valence-corrected chi connectivity index (χ4v) is 2.54. The number of esters is 1. The number of halogens is 2. The summed E-state index contributed by atoms with van der Waals surface area (Å²) in [6, 6.07) is 4.54. The Morgan fingerprint density at radius 1 is 1.27 bits per heavy atom. The lowest BCUT2D eigenvalue weighted by Crippen LogP contribution is -2.11. The number of rotatable bonds is 5. The largest absolute Gasteiger partial charge is 0.466 e. The number of carbonyl (C=O) groups excluding carboxylic acids is 2. The van der Waals surface area contributed by atoms with Crippen LogP contribution in [0.2, 0.25) is 10.0 Å². The topological polar surface area (TPSA) is 81.2 Å². The van der Waals surface area contributed by atoms with Gasteiger partial charge in [0.25, 0.3) is 5.91 Å². The molecule has 0 aliphatic carbocycles. The zero-order valence-corrected chi connectivity index (χ0v) is 13.8. The van der Waals surface area contributed by atoms with Crippen LogP contribution >= 0.6 is 34.5 Å². The second-order valence-electron chi connectivity index (χ2n) is 4.07. The molecular formula is C13H11Cl2N3O3S. The van der Waals surface area contributed by atoms with Gasteiger partial charge in [0.2, 0.25) is 5.13 Å². The summed E-state index contributed by atoms with van der Waals surface area (Å²) >= 11 is 12.8. The van der Waals surface area contributed by atoms with E-state index in [9.17, 15) is 9.59 Å². The van der Waals surface area contributed by atoms with Crippen LogP contribution < -0.4 is 5.32 Å². The number of aromatic nitrogens is 2. The van der Waals surface area contributed by atoms with E-state index in [1.807, 2.05) is 0 Å². The van der Waals surface area contributed by atoms with E-state index in [0.717, 1.165) is 11.3 Å². The molecule has 116 valence electrons. The van der Waals surface area contributed by atoms with Gasteiger partial charge in [-0.15, -0.1) is 10.2 Å². The third-order valence-corrected chi connectivity index (χ3v) is 4.05. The highest BCUT2D eigenvalue weighted by atomic mass is 35.5. The van der Waals surface area contributed by atoms with Crippen LogP contribution in [0.3, 0.4) is 0 Å². The minimum absolute atomic E-state index is 0.0220.